The predicted octanol–water partition coefficient (Wildman–Crippen LogP) is 3.54. The fourth-order valence-corrected chi connectivity index (χ4v) is 2.66. The van der Waals surface area contributed by atoms with E-state index in [1.165, 1.54) is 6.07 Å². The smallest absolute Gasteiger partial charge is 0.336 e. The number of rotatable bonds is 9. The van der Waals surface area contributed by atoms with Gasteiger partial charge in [-0.3, -0.25) is 0 Å². The summed E-state index contributed by atoms with van der Waals surface area (Å²) in [5.74, 6) is -3.86. The molecule has 1 atom stereocenters. The minimum atomic E-state index is -1.44. The zero-order valence-corrected chi connectivity index (χ0v) is 13.3. The van der Waals surface area contributed by atoms with E-state index in [9.17, 15) is 24.6 Å². The third kappa shape index (κ3) is 4.81. The fraction of sp³-hybridized carbons (Fsp3) is 0.471. The van der Waals surface area contributed by atoms with Crippen molar-refractivity contribution >= 4 is 17.9 Å². The Morgan fingerprint density at radius 1 is 1.00 bits per heavy atom. The van der Waals surface area contributed by atoms with Gasteiger partial charge in [0.05, 0.1) is 16.7 Å². The number of aromatic carboxylic acids is 3. The molecular weight excluding hydrogens is 300 g/mol. The van der Waals surface area contributed by atoms with E-state index >= 15 is 0 Å². The van der Waals surface area contributed by atoms with Gasteiger partial charge in [-0.15, -0.1) is 0 Å². The van der Waals surface area contributed by atoms with Crippen LogP contribution < -0.4 is 0 Å². The highest BCUT2D eigenvalue weighted by Gasteiger charge is 2.24. The molecule has 0 saturated heterocycles. The van der Waals surface area contributed by atoms with Crippen LogP contribution in [-0.2, 0) is 6.42 Å². The Kier molecular flexibility index (Phi) is 6.75. The van der Waals surface area contributed by atoms with Crippen LogP contribution in [-0.4, -0.2) is 33.2 Å². The highest BCUT2D eigenvalue weighted by molar-refractivity contribution is 6.05. The molecule has 6 nitrogen and oxygen atoms in total. The fourth-order valence-electron chi connectivity index (χ4n) is 2.66. The summed E-state index contributed by atoms with van der Waals surface area (Å²) in [7, 11) is 0. The van der Waals surface area contributed by atoms with Crippen LogP contribution in [0, 0.1) is 5.92 Å². The first-order valence-corrected chi connectivity index (χ1v) is 7.68. The highest BCUT2D eigenvalue weighted by Crippen LogP contribution is 2.25. The second-order valence-electron chi connectivity index (χ2n) is 5.59. The lowest BCUT2D eigenvalue weighted by Gasteiger charge is -2.17. The van der Waals surface area contributed by atoms with Crippen molar-refractivity contribution in [2.75, 3.05) is 0 Å². The summed E-state index contributed by atoms with van der Waals surface area (Å²) in [5.41, 5.74) is -0.708. The van der Waals surface area contributed by atoms with E-state index in [-0.39, 0.29) is 22.6 Å². The minimum absolute atomic E-state index is 0.193. The molecule has 0 heterocycles. The molecule has 0 fully saturated rings. The quantitative estimate of drug-likeness (QED) is 0.641. The molecule has 0 bridgehead atoms. The largest absolute Gasteiger partial charge is 0.478 e. The molecule has 0 radical (unpaired) electrons. The number of benzene rings is 1. The Morgan fingerprint density at radius 2 is 1.65 bits per heavy atom. The lowest BCUT2D eigenvalue weighted by Crippen LogP contribution is -2.16. The molecule has 0 aliphatic carbocycles. The third-order valence-corrected chi connectivity index (χ3v) is 3.96. The van der Waals surface area contributed by atoms with Gasteiger partial charge >= 0.3 is 17.9 Å². The summed E-state index contributed by atoms with van der Waals surface area (Å²) < 4.78 is 0. The average Bonchev–Trinajstić information content (AvgIpc) is 2.49. The molecule has 23 heavy (non-hydrogen) atoms. The van der Waals surface area contributed by atoms with E-state index in [0.717, 1.165) is 31.7 Å². The zero-order valence-electron chi connectivity index (χ0n) is 13.3. The summed E-state index contributed by atoms with van der Waals surface area (Å²) >= 11 is 0. The molecule has 1 aromatic rings. The van der Waals surface area contributed by atoms with Gasteiger partial charge in [-0.2, -0.15) is 0 Å². The molecule has 3 N–H and O–H groups in total. The van der Waals surface area contributed by atoms with Crippen molar-refractivity contribution in [2.24, 2.45) is 5.92 Å². The van der Waals surface area contributed by atoms with Gasteiger partial charge in [0.2, 0.25) is 0 Å². The monoisotopic (exact) mass is 322 g/mol. The maximum atomic E-state index is 11.5. The zero-order chi connectivity index (χ0) is 17.6. The Labute approximate surface area is 134 Å². The first kappa shape index (κ1) is 18.7. The van der Waals surface area contributed by atoms with E-state index in [0.29, 0.717) is 6.42 Å². The maximum Gasteiger partial charge on any atom is 0.336 e. The van der Waals surface area contributed by atoms with Crippen LogP contribution in [0.15, 0.2) is 12.1 Å². The van der Waals surface area contributed by atoms with Crippen LogP contribution in [0.4, 0.5) is 0 Å². The van der Waals surface area contributed by atoms with E-state index in [2.05, 4.69) is 6.92 Å². The van der Waals surface area contributed by atoms with Crippen molar-refractivity contribution < 1.29 is 29.7 Å². The molecule has 6 heteroatoms. The van der Waals surface area contributed by atoms with Crippen molar-refractivity contribution in [3.8, 4) is 0 Å². The van der Waals surface area contributed by atoms with Gasteiger partial charge in [-0.25, -0.2) is 14.4 Å². The van der Waals surface area contributed by atoms with Gasteiger partial charge in [0.25, 0.3) is 0 Å². The highest BCUT2D eigenvalue weighted by atomic mass is 16.4. The first-order valence-electron chi connectivity index (χ1n) is 7.68. The molecule has 1 unspecified atom stereocenters. The van der Waals surface area contributed by atoms with Crippen LogP contribution in [0.5, 0.6) is 0 Å². The molecule has 0 aliphatic rings. The van der Waals surface area contributed by atoms with E-state index < -0.39 is 23.5 Å². The molecule has 126 valence electrons. The van der Waals surface area contributed by atoms with Gasteiger partial charge in [0, 0.05) is 0 Å². The number of carboxylic acids is 3. The Balaban J connectivity index is 3.38. The SMILES string of the molecule is CCCCC(CC)Cc1cc(C(=O)O)cc(C(=O)O)c1C(=O)O. The maximum absolute atomic E-state index is 11.5. The first-order chi connectivity index (χ1) is 10.8. The predicted molar refractivity (Wildman–Crippen MR) is 84.3 cm³/mol. The number of hydrogen-bond donors (Lipinski definition) is 3. The Bertz CT molecular complexity index is 605. The standard InChI is InChI=1S/C17H22O6/c1-3-5-6-10(4-2)7-11-8-12(15(18)19)9-13(16(20)21)14(11)17(22)23/h8-10H,3-7H2,1-2H3,(H,18,19)(H,20,21)(H,22,23). The molecule has 0 saturated carbocycles. The lowest BCUT2D eigenvalue weighted by molar-refractivity contribution is 0.0647. The summed E-state index contributed by atoms with van der Waals surface area (Å²) in [6.07, 6.45) is 4.08. The van der Waals surface area contributed by atoms with Crippen LogP contribution in [0.3, 0.4) is 0 Å². The van der Waals surface area contributed by atoms with Crippen LogP contribution in [0.1, 0.15) is 76.2 Å². The summed E-state index contributed by atoms with van der Waals surface area (Å²) in [5, 5.41) is 27.7. The molecular formula is C17H22O6. The Morgan fingerprint density at radius 3 is 2.09 bits per heavy atom. The van der Waals surface area contributed by atoms with E-state index in [1.54, 1.807) is 0 Å². The van der Waals surface area contributed by atoms with Crippen LogP contribution >= 0.6 is 0 Å². The van der Waals surface area contributed by atoms with Gasteiger partial charge in [-0.1, -0.05) is 39.5 Å². The minimum Gasteiger partial charge on any atom is -0.478 e. The van der Waals surface area contributed by atoms with Crippen molar-refractivity contribution in [1.82, 2.24) is 0 Å². The molecule has 0 spiro atoms. The molecule has 0 aromatic heterocycles. The van der Waals surface area contributed by atoms with Gasteiger partial charge in [0.1, 0.15) is 0 Å². The van der Waals surface area contributed by atoms with Gasteiger partial charge in [0.15, 0.2) is 0 Å². The van der Waals surface area contributed by atoms with E-state index in [4.69, 9.17) is 5.11 Å². The second-order valence-corrected chi connectivity index (χ2v) is 5.59. The lowest BCUT2D eigenvalue weighted by atomic mass is 9.87. The topological polar surface area (TPSA) is 112 Å². The van der Waals surface area contributed by atoms with Crippen molar-refractivity contribution in [3.05, 3.63) is 34.4 Å². The third-order valence-electron chi connectivity index (χ3n) is 3.96. The second kappa shape index (κ2) is 8.31. The van der Waals surface area contributed by atoms with Crippen molar-refractivity contribution in [2.45, 2.75) is 46.0 Å². The average molecular weight is 322 g/mol. The van der Waals surface area contributed by atoms with Crippen molar-refractivity contribution in [3.63, 3.8) is 0 Å². The van der Waals surface area contributed by atoms with Gasteiger partial charge < -0.3 is 15.3 Å². The number of hydrogen-bond acceptors (Lipinski definition) is 3. The molecule has 0 aliphatic heterocycles. The summed E-state index contributed by atoms with van der Waals surface area (Å²) in [6.45, 7) is 4.04. The van der Waals surface area contributed by atoms with Crippen LogP contribution in [0.2, 0.25) is 0 Å². The number of carboxylic acid groups (broad SMARTS) is 3. The van der Waals surface area contributed by atoms with E-state index in [1.807, 2.05) is 6.92 Å². The normalized spacial score (nSPS) is 11.9. The van der Waals surface area contributed by atoms with Crippen molar-refractivity contribution in [1.29, 1.82) is 0 Å². The Hall–Kier alpha value is -2.37. The summed E-state index contributed by atoms with van der Waals surface area (Å²) in [6, 6.07) is 2.19. The van der Waals surface area contributed by atoms with Gasteiger partial charge in [-0.05, 0) is 30.0 Å². The number of carbonyl (C=O) groups is 3. The molecule has 0 amide bonds. The summed E-state index contributed by atoms with van der Waals surface area (Å²) in [4.78, 5) is 34.0. The van der Waals surface area contributed by atoms with Crippen LogP contribution in [0.25, 0.3) is 0 Å². The molecule has 1 aromatic carbocycles. The number of unbranched alkanes of at least 4 members (excludes halogenated alkanes) is 1. The molecule has 1 rings (SSSR count).